The average molecular weight is 388 g/mol. The van der Waals surface area contributed by atoms with Crippen molar-refractivity contribution < 1.29 is 25.2 Å². The number of carboxylic acids is 1. The largest absolute Gasteiger partial charge is 0.480 e. The minimum absolute atomic E-state index is 0.103. The highest BCUT2D eigenvalue weighted by molar-refractivity contribution is 5.79. The Morgan fingerprint density at radius 1 is 0.926 bits per heavy atom. The van der Waals surface area contributed by atoms with Crippen LogP contribution in [0.1, 0.15) is 90.4 Å². The van der Waals surface area contributed by atoms with Gasteiger partial charge in [-0.2, -0.15) is 0 Å². The van der Waals surface area contributed by atoms with Crippen molar-refractivity contribution in [3.05, 3.63) is 12.2 Å². The summed E-state index contributed by atoms with van der Waals surface area (Å²) in [6, 6.07) is 0. The number of nitrogens with two attached hydrogens (primary N) is 1. The monoisotopic (exact) mass is 387 g/mol. The number of carboxylic acid groups (broad SMARTS) is 1. The van der Waals surface area contributed by atoms with E-state index >= 15 is 0 Å². The molecule has 0 aromatic carbocycles. The van der Waals surface area contributed by atoms with Gasteiger partial charge in [0.25, 0.3) is 0 Å². The normalized spacial score (nSPS) is 16.3. The van der Waals surface area contributed by atoms with Crippen LogP contribution >= 0.6 is 0 Å². The Morgan fingerprint density at radius 2 is 1.41 bits per heavy atom. The van der Waals surface area contributed by atoms with Gasteiger partial charge in [-0.15, -0.1) is 0 Å². The van der Waals surface area contributed by atoms with Gasteiger partial charge in [-0.1, -0.05) is 83.3 Å². The summed E-state index contributed by atoms with van der Waals surface area (Å²) in [4.78, 5) is 11.0. The maximum absolute atomic E-state index is 11.0. The summed E-state index contributed by atoms with van der Waals surface area (Å²) in [6.07, 6.45) is 15.8. The standard InChI is InChI=1S/C21H41NO5/c1-2-3-4-5-6-7-8-9-10-11-12-13-14-15-16-18(24)19(25)21(22,17-23)20(26)27/h14-15,18-19,23-25H,2-13,16-17,22H2,1H3,(H,26,27)/b15-14-/t18-,19+,21-/m1/s1. The first kappa shape index (κ1) is 26.1. The highest BCUT2D eigenvalue weighted by Gasteiger charge is 2.44. The van der Waals surface area contributed by atoms with Gasteiger partial charge in [-0.3, -0.25) is 4.79 Å². The Bertz CT molecular complexity index is 402. The molecule has 27 heavy (non-hydrogen) atoms. The summed E-state index contributed by atoms with van der Waals surface area (Å²) in [5.74, 6) is -1.54. The Balaban J connectivity index is 3.68. The minimum atomic E-state index is -2.25. The second-order valence-electron chi connectivity index (χ2n) is 7.55. The molecule has 0 radical (unpaired) electrons. The van der Waals surface area contributed by atoms with Crippen LogP contribution in [0.5, 0.6) is 0 Å². The molecule has 0 aliphatic rings. The van der Waals surface area contributed by atoms with Gasteiger partial charge >= 0.3 is 5.97 Å². The number of hydrogen-bond donors (Lipinski definition) is 5. The van der Waals surface area contributed by atoms with Crippen molar-refractivity contribution in [1.82, 2.24) is 0 Å². The third kappa shape index (κ3) is 11.5. The first-order valence-corrected chi connectivity index (χ1v) is 10.5. The van der Waals surface area contributed by atoms with E-state index < -0.39 is 30.3 Å². The van der Waals surface area contributed by atoms with Crippen LogP contribution in [-0.4, -0.2) is 50.7 Å². The molecule has 0 saturated heterocycles. The number of aliphatic hydroxyl groups excluding tert-OH is 3. The fraction of sp³-hybridized carbons (Fsp3) is 0.857. The molecular weight excluding hydrogens is 346 g/mol. The zero-order valence-corrected chi connectivity index (χ0v) is 17.0. The van der Waals surface area contributed by atoms with Gasteiger partial charge in [0, 0.05) is 0 Å². The molecule has 0 amide bonds. The predicted octanol–water partition coefficient (Wildman–Crippen LogP) is 3.13. The predicted molar refractivity (Wildman–Crippen MR) is 108 cm³/mol. The number of aliphatic hydroxyl groups is 3. The average Bonchev–Trinajstić information content (AvgIpc) is 2.66. The molecule has 160 valence electrons. The van der Waals surface area contributed by atoms with Crippen molar-refractivity contribution in [3.8, 4) is 0 Å². The van der Waals surface area contributed by atoms with Crippen LogP contribution in [0.3, 0.4) is 0 Å². The summed E-state index contributed by atoms with van der Waals surface area (Å²) in [5, 5.41) is 37.8. The third-order valence-corrected chi connectivity index (χ3v) is 5.07. The highest BCUT2D eigenvalue weighted by atomic mass is 16.4. The van der Waals surface area contributed by atoms with Crippen LogP contribution in [0.2, 0.25) is 0 Å². The van der Waals surface area contributed by atoms with E-state index in [2.05, 4.69) is 6.92 Å². The molecule has 6 nitrogen and oxygen atoms in total. The molecule has 0 fully saturated rings. The van der Waals surface area contributed by atoms with Crippen molar-refractivity contribution in [3.63, 3.8) is 0 Å². The Morgan fingerprint density at radius 3 is 1.85 bits per heavy atom. The van der Waals surface area contributed by atoms with Crippen molar-refractivity contribution in [2.24, 2.45) is 5.73 Å². The van der Waals surface area contributed by atoms with Gasteiger partial charge in [0.15, 0.2) is 5.54 Å². The van der Waals surface area contributed by atoms with Crippen LogP contribution < -0.4 is 5.73 Å². The Hall–Kier alpha value is -0.950. The lowest BCUT2D eigenvalue weighted by Crippen LogP contribution is -2.63. The summed E-state index contributed by atoms with van der Waals surface area (Å²) in [6.45, 7) is 1.30. The van der Waals surface area contributed by atoms with Gasteiger partial charge in [0.2, 0.25) is 0 Å². The molecule has 6 N–H and O–H groups in total. The Kier molecular flexibility index (Phi) is 15.5. The molecule has 0 aromatic rings. The lowest BCUT2D eigenvalue weighted by molar-refractivity contribution is -0.154. The van der Waals surface area contributed by atoms with E-state index in [9.17, 15) is 15.0 Å². The minimum Gasteiger partial charge on any atom is -0.480 e. The molecule has 3 atom stereocenters. The van der Waals surface area contributed by atoms with E-state index in [0.29, 0.717) is 0 Å². The van der Waals surface area contributed by atoms with E-state index in [1.807, 2.05) is 6.08 Å². The molecule has 0 saturated carbocycles. The second kappa shape index (κ2) is 16.0. The summed E-state index contributed by atoms with van der Waals surface area (Å²) < 4.78 is 0. The van der Waals surface area contributed by atoms with Crippen molar-refractivity contribution >= 4 is 5.97 Å². The number of allylic oxidation sites excluding steroid dienone is 1. The molecule has 0 spiro atoms. The summed E-state index contributed by atoms with van der Waals surface area (Å²) >= 11 is 0. The van der Waals surface area contributed by atoms with E-state index in [0.717, 1.165) is 12.8 Å². The molecule has 6 heteroatoms. The van der Waals surface area contributed by atoms with Crippen LogP contribution in [0.15, 0.2) is 12.2 Å². The SMILES string of the molecule is CCCCCCCCCCCCC/C=C\C[C@@H](O)[C@H](O)[C@](N)(CO)C(=O)O. The van der Waals surface area contributed by atoms with Crippen molar-refractivity contribution in [2.45, 2.75) is 108 Å². The van der Waals surface area contributed by atoms with Gasteiger partial charge in [-0.25, -0.2) is 0 Å². The van der Waals surface area contributed by atoms with Crippen LogP contribution in [0, 0.1) is 0 Å². The molecule has 0 aliphatic heterocycles. The lowest BCUT2D eigenvalue weighted by atomic mass is 9.89. The van der Waals surface area contributed by atoms with E-state index in [-0.39, 0.29) is 6.42 Å². The summed E-state index contributed by atoms with van der Waals surface area (Å²) in [7, 11) is 0. The number of aliphatic carboxylic acids is 1. The molecule has 0 aromatic heterocycles. The van der Waals surface area contributed by atoms with Crippen molar-refractivity contribution in [1.29, 1.82) is 0 Å². The number of carbonyl (C=O) groups is 1. The molecule has 0 heterocycles. The fourth-order valence-electron chi connectivity index (χ4n) is 3.04. The van der Waals surface area contributed by atoms with Gasteiger partial charge < -0.3 is 26.2 Å². The lowest BCUT2D eigenvalue weighted by Gasteiger charge is -2.30. The van der Waals surface area contributed by atoms with E-state index in [4.69, 9.17) is 15.9 Å². The zero-order chi connectivity index (χ0) is 20.5. The maximum atomic E-state index is 11.0. The molecule has 0 rings (SSSR count). The first-order valence-electron chi connectivity index (χ1n) is 10.5. The van der Waals surface area contributed by atoms with Crippen LogP contribution in [0.25, 0.3) is 0 Å². The Labute approximate surface area is 164 Å². The molecule has 0 aliphatic carbocycles. The van der Waals surface area contributed by atoms with Crippen LogP contribution in [0.4, 0.5) is 0 Å². The number of hydrogen-bond acceptors (Lipinski definition) is 5. The fourth-order valence-corrected chi connectivity index (χ4v) is 3.04. The topological polar surface area (TPSA) is 124 Å². The number of rotatable bonds is 18. The van der Waals surface area contributed by atoms with Gasteiger partial charge in [0.1, 0.15) is 6.10 Å². The third-order valence-electron chi connectivity index (χ3n) is 5.07. The molecule has 0 bridgehead atoms. The van der Waals surface area contributed by atoms with E-state index in [1.165, 1.54) is 64.2 Å². The smallest absolute Gasteiger partial charge is 0.328 e. The van der Waals surface area contributed by atoms with Crippen molar-refractivity contribution in [2.75, 3.05) is 6.61 Å². The molecule has 0 unspecified atom stereocenters. The second-order valence-corrected chi connectivity index (χ2v) is 7.55. The zero-order valence-electron chi connectivity index (χ0n) is 17.0. The maximum Gasteiger partial charge on any atom is 0.328 e. The van der Waals surface area contributed by atoms with Gasteiger partial charge in [-0.05, 0) is 19.3 Å². The summed E-state index contributed by atoms with van der Waals surface area (Å²) in [5.41, 5.74) is 3.20. The highest BCUT2D eigenvalue weighted by Crippen LogP contribution is 2.15. The van der Waals surface area contributed by atoms with E-state index in [1.54, 1.807) is 6.08 Å². The molecular formula is C21H41NO5. The van der Waals surface area contributed by atoms with Crippen LogP contribution in [-0.2, 0) is 4.79 Å². The quantitative estimate of drug-likeness (QED) is 0.182. The first-order chi connectivity index (χ1) is 12.9. The van der Waals surface area contributed by atoms with Gasteiger partial charge in [0.05, 0.1) is 12.7 Å². The number of unbranched alkanes of at least 4 members (excludes halogenated alkanes) is 11.